The molecule has 0 unspecified atom stereocenters. The molecular weight excluding hydrogens is 326 g/mol. The predicted molar refractivity (Wildman–Crippen MR) is 91.3 cm³/mol. The fraction of sp³-hybridized carbons (Fsp3) is 0.412. The largest absolute Gasteiger partial charge is 0.472 e. The lowest BCUT2D eigenvalue weighted by Crippen LogP contribution is -2.64. The van der Waals surface area contributed by atoms with E-state index in [-0.39, 0.29) is 17.4 Å². The van der Waals surface area contributed by atoms with E-state index in [1.807, 2.05) is 33.7 Å². The number of likely N-dealkylation sites (tertiary alicyclic amines) is 1. The Morgan fingerprint density at radius 2 is 2.21 bits per heavy atom. The van der Waals surface area contributed by atoms with E-state index >= 15 is 0 Å². The van der Waals surface area contributed by atoms with Gasteiger partial charge in [0.15, 0.2) is 0 Å². The van der Waals surface area contributed by atoms with E-state index in [4.69, 9.17) is 4.42 Å². The number of furan rings is 1. The lowest BCUT2D eigenvalue weighted by molar-refractivity contribution is -0.123. The van der Waals surface area contributed by atoms with Crippen molar-refractivity contribution >= 4 is 28.8 Å². The highest BCUT2D eigenvalue weighted by Crippen LogP contribution is 2.34. The third-order valence-electron chi connectivity index (χ3n) is 5.14. The van der Waals surface area contributed by atoms with Gasteiger partial charge in [0.05, 0.1) is 29.6 Å². The van der Waals surface area contributed by atoms with Crippen molar-refractivity contribution in [1.82, 2.24) is 9.80 Å². The number of thiophene rings is 1. The predicted octanol–water partition coefficient (Wildman–Crippen LogP) is 1.90. The molecular formula is C17H19N3O3S. The molecule has 6 nitrogen and oxygen atoms in total. The van der Waals surface area contributed by atoms with Crippen molar-refractivity contribution in [3.63, 3.8) is 0 Å². The molecule has 0 radical (unpaired) electrons. The first-order chi connectivity index (χ1) is 11.6. The zero-order valence-electron chi connectivity index (χ0n) is 13.5. The first-order valence-corrected chi connectivity index (χ1v) is 8.89. The minimum atomic E-state index is -0.185. The number of hydrogen-bond acceptors (Lipinski definition) is 5. The molecule has 7 heteroatoms. The number of piperazine rings is 1. The van der Waals surface area contributed by atoms with Crippen LogP contribution in [0.25, 0.3) is 0 Å². The average Bonchev–Trinajstić information content (AvgIpc) is 3.32. The Hall–Kier alpha value is -2.12. The lowest BCUT2D eigenvalue weighted by Gasteiger charge is -2.46. The van der Waals surface area contributed by atoms with Gasteiger partial charge in [0.2, 0.25) is 5.91 Å². The molecule has 2 aliphatic rings. The Bertz CT molecular complexity index is 743. The number of carbonyl (C=O) groups is 2. The SMILES string of the molecule is CN1CC(=O)N(c2ccsc2)C[C@@]12CCN(C(=O)c1ccoc1)C2. The molecule has 0 aliphatic carbocycles. The summed E-state index contributed by atoms with van der Waals surface area (Å²) in [6.45, 7) is 2.32. The molecule has 0 bridgehead atoms. The van der Waals surface area contributed by atoms with Gasteiger partial charge in [-0.3, -0.25) is 14.5 Å². The van der Waals surface area contributed by atoms with Crippen LogP contribution in [0.3, 0.4) is 0 Å². The van der Waals surface area contributed by atoms with Gasteiger partial charge in [-0.15, -0.1) is 0 Å². The number of likely N-dealkylation sites (N-methyl/N-ethyl adjacent to an activating group) is 1. The molecule has 2 saturated heterocycles. The third-order valence-corrected chi connectivity index (χ3v) is 5.81. The lowest BCUT2D eigenvalue weighted by atomic mass is 9.93. The molecule has 4 heterocycles. The van der Waals surface area contributed by atoms with Gasteiger partial charge in [-0.25, -0.2) is 0 Å². The van der Waals surface area contributed by atoms with Crippen LogP contribution in [0.4, 0.5) is 5.69 Å². The fourth-order valence-corrected chi connectivity index (χ4v) is 4.29. The van der Waals surface area contributed by atoms with Gasteiger partial charge >= 0.3 is 0 Å². The van der Waals surface area contributed by atoms with Crippen LogP contribution < -0.4 is 4.90 Å². The molecule has 24 heavy (non-hydrogen) atoms. The molecule has 1 atom stereocenters. The van der Waals surface area contributed by atoms with Crippen LogP contribution in [0.2, 0.25) is 0 Å². The van der Waals surface area contributed by atoms with Crippen LogP contribution in [0.15, 0.2) is 39.8 Å². The number of anilines is 1. The van der Waals surface area contributed by atoms with Crippen molar-refractivity contribution in [1.29, 1.82) is 0 Å². The van der Waals surface area contributed by atoms with Crippen molar-refractivity contribution in [2.45, 2.75) is 12.0 Å². The molecule has 126 valence electrons. The second-order valence-electron chi connectivity index (χ2n) is 6.53. The summed E-state index contributed by atoms with van der Waals surface area (Å²) in [5.74, 6) is 0.106. The number of carbonyl (C=O) groups excluding carboxylic acids is 2. The zero-order valence-corrected chi connectivity index (χ0v) is 14.3. The number of hydrogen-bond donors (Lipinski definition) is 0. The summed E-state index contributed by atoms with van der Waals surface area (Å²) in [5.41, 5.74) is 1.35. The normalized spacial score (nSPS) is 25.0. The van der Waals surface area contributed by atoms with E-state index in [0.29, 0.717) is 31.7 Å². The Labute approximate surface area is 144 Å². The first-order valence-electron chi connectivity index (χ1n) is 7.94. The van der Waals surface area contributed by atoms with Crippen molar-refractivity contribution < 1.29 is 14.0 Å². The number of rotatable bonds is 2. The standard InChI is InChI=1S/C17H19N3O3S/c1-18-8-15(21)20(14-3-7-24-10-14)12-17(18)4-5-19(11-17)16(22)13-2-6-23-9-13/h2-3,6-7,9-10H,4-5,8,11-12H2,1H3/t17-/m0/s1. The topological polar surface area (TPSA) is 57.0 Å². The van der Waals surface area contributed by atoms with Gasteiger partial charge in [0, 0.05) is 25.0 Å². The van der Waals surface area contributed by atoms with Crippen LogP contribution in [-0.4, -0.2) is 60.4 Å². The fourth-order valence-electron chi connectivity index (χ4n) is 3.64. The van der Waals surface area contributed by atoms with E-state index in [1.54, 1.807) is 17.4 Å². The van der Waals surface area contributed by atoms with Crippen LogP contribution in [-0.2, 0) is 4.79 Å². The van der Waals surface area contributed by atoms with E-state index in [0.717, 1.165) is 12.1 Å². The van der Waals surface area contributed by atoms with E-state index in [2.05, 4.69) is 4.90 Å². The maximum Gasteiger partial charge on any atom is 0.257 e. The highest BCUT2D eigenvalue weighted by molar-refractivity contribution is 7.08. The molecule has 2 aromatic rings. The van der Waals surface area contributed by atoms with Crippen molar-refractivity contribution in [3.8, 4) is 0 Å². The van der Waals surface area contributed by atoms with Crippen molar-refractivity contribution in [2.24, 2.45) is 0 Å². The Balaban J connectivity index is 1.56. The molecule has 1 spiro atoms. The molecule has 2 amide bonds. The van der Waals surface area contributed by atoms with Crippen LogP contribution in [0, 0.1) is 0 Å². The second-order valence-corrected chi connectivity index (χ2v) is 7.31. The van der Waals surface area contributed by atoms with Crippen LogP contribution in [0.1, 0.15) is 16.8 Å². The molecule has 4 rings (SSSR count). The molecule has 0 aromatic carbocycles. The zero-order chi connectivity index (χ0) is 16.7. The number of nitrogens with zero attached hydrogens (tertiary/aromatic N) is 3. The summed E-state index contributed by atoms with van der Waals surface area (Å²) >= 11 is 1.59. The Morgan fingerprint density at radius 3 is 2.92 bits per heavy atom. The molecule has 2 fully saturated rings. The monoisotopic (exact) mass is 345 g/mol. The van der Waals surface area contributed by atoms with Crippen molar-refractivity contribution in [3.05, 3.63) is 41.0 Å². The summed E-state index contributed by atoms with van der Waals surface area (Å²) in [4.78, 5) is 30.9. The maximum absolute atomic E-state index is 12.6. The van der Waals surface area contributed by atoms with Gasteiger partial charge in [0.1, 0.15) is 6.26 Å². The Morgan fingerprint density at radius 1 is 1.33 bits per heavy atom. The van der Waals surface area contributed by atoms with Crippen LogP contribution >= 0.6 is 11.3 Å². The minimum Gasteiger partial charge on any atom is -0.472 e. The minimum absolute atomic E-state index is 0.00647. The smallest absolute Gasteiger partial charge is 0.257 e. The van der Waals surface area contributed by atoms with Crippen molar-refractivity contribution in [2.75, 3.05) is 38.1 Å². The molecule has 2 aliphatic heterocycles. The van der Waals surface area contributed by atoms with E-state index < -0.39 is 0 Å². The summed E-state index contributed by atoms with van der Waals surface area (Å²) < 4.78 is 5.02. The van der Waals surface area contributed by atoms with Gasteiger partial charge < -0.3 is 14.2 Å². The summed E-state index contributed by atoms with van der Waals surface area (Å²) in [7, 11) is 1.98. The highest BCUT2D eigenvalue weighted by atomic mass is 32.1. The summed E-state index contributed by atoms with van der Waals surface area (Å²) in [6.07, 6.45) is 3.86. The summed E-state index contributed by atoms with van der Waals surface area (Å²) in [5, 5.41) is 3.98. The van der Waals surface area contributed by atoms with E-state index in [1.165, 1.54) is 12.5 Å². The number of amides is 2. The Kier molecular flexibility index (Phi) is 3.69. The second kappa shape index (κ2) is 5.75. The highest BCUT2D eigenvalue weighted by Gasteiger charge is 2.48. The van der Waals surface area contributed by atoms with Gasteiger partial charge in [0.25, 0.3) is 5.91 Å². The molecule has 0 N–H and O–H groups in total. The van der Waals surface area contributed by atoms with Gasteiger partial charge in [-0.2, -0.15) is 11.3 Å². The first kappa shape index (κ1) is 15.4. The van der Waals surface area contributed by atoms with Gasteiger partial charge in [-0.1, -0.05) is 0 Å². The summed E-state index contributed by atoms with van der Waals surface area (Å²) in [6, 6.07) is 3.67. The quantitative estimate of drug-likeness (QED) is 0.834. The van der Waals surface area contributed by atoms with E-state index in [9.17, 15) is 9.59 Å². The maximum atomic E-state index is 12.6. The molecule has 2 aromatic heterocycles. The third kappa shape index (κ3) is 2.44. The average molecular weight is 345 g/mol. The molecule has 0 saturated carbocycles. The van der Waals surface area contributed by atoms with Gasteiger partial charge in [-0.05, 0) is 31.0 Å². The van der Waals surface area contributed by atoms with Crippen LogP contribution in [0.5, 0.6) is 0 Å².